The van der Waals surface area contributed by atoms with Crippen LogP contribution in [-0.4, -0.2) is 5.91 Å². The number of hydrogen-bond donors (Lipinski definition) is 2. The van der Waals surface area contributed by atoms with Gasteiger partial charge in [0, 0.05) is 13.6 Å². The van der Waals surface area contributed by atoms with Crippen molar-refractivity contribution >= 4 is 50.1 Å². The van der Waals surface area contributed by atoms with Crippen LogP contribution in [0.1, 0.15) is 10.4 Å². The number of primary amides is 1. The second-order valence-electron chi connectivity index (χ2n) is 2.22. The van der Waals surface area contributed by atoms with Crippen molar-refractivity contribution in [3.63, 3.8) is 0 Å². The van der Waals surface area contributed by atoms with Gasteiger partial charge in [0.25, 0.3) is 0 Å². The molecule has 0 radical (unpaired) electrons. The number of carbonyl (C=O) groups is 1. The van der Waals surface area contributed by atoms with Crippen LogP contribution in [0.15, 0.2) is 16.6 Å². The van der Waals surface area contributed by atoms with E-state index in [-0.39, 0.29) is 0 Å². The van der Waals surface area contributed by atoms with Crippen molar-refractivity contribution in [2.75, 3.05) is 5.73 Å². The summed E-state index contributed by atoms with van der Waals surface area (Å²) in [4.78, 5) is 10.8. The van der Waals surface area contributed by atoms with Crippen LogP contribution < -0.4 is 11.5 Å². The second-order valence-corrected chi connectivity index (χ2v) is 4.23. The first-order valence-corrected chi connectivity index (χ1v) is 4.94. The van der Waals surface area contributed by atoms with Gasteiger partial charge in [-0.05, 0) is 50.7 Å². The Morgan fingerprint density at radius 1 is 1.50 bits per heavy atom. The Kier molecular flexibility index (Phi) is 2.94. The summed E-state index contributed by atoms with van der Waals surface area (Å²) in [6.07, 6.45) is 0. The van der Waals surface area contributed by atoms with Crippen LogP contribution in [0, 0.1) is 3.57 Å². The Labute approximate surface area is 91.8 Å². The maximum absolute atomic E-state index is 10.8. The van der Waals surface area contributed by atoms with E-state index in [2.05, 4.69) is 15.9 Å². The molecule has 0 unspecified atom stereocenters. The smallest absolute Gasteiger partial charge is 0.248 e. The fourth-order valence-corrected chi connectivity index (χ4v) is 2.18. The molecular weight excluding hydrogens is 335 g/mol. The predicted molar refractivity (Wildman–Crippen MR) is 59.8 cm³/mol. The first-order chi connectivity index (χ1) is 5.52. The van der Waals surface area contributed by atoms with Crippen LogP contribution in [0.4, 0.5) is 5.69 Å². The van der Waals surface area contributed by atoms with Gasteiger partial charge in [0.1, 0.15) is 0 Å². The molecule has 12 heavy (non-hydrogen) atoms. The molecule has 4 N–H and O–H groups in total. The molecule has 0 aliphatic heterocycles. The van der Waals surface area contributed by atoms with E-state index < -0.39 is 5.91 Å². The normalized spacial score (nSPS) is 9.83. The lowest BCUT2D eigenvalue weighted by Crippen LogP contribution is -2.11. The van der Waals surface area contributed by atoms with E-state index in [9.17, 15) is 4.79 Å². The molecule has 0 bridgehead atoms. The zero-order chi connectivity index (χ0) is 9.30. The lowest BCUT2D eigenvalue weighted by Gasteiger charge is -2.03. The Balaban J connectivity index is 3.31. The van der Waals surface area contributed by atoms with Gasteiger partial charge in [0.05, 0.1) is 5.69 Å². The molecule has 0 aromatic heterocycles. The summed E-state index contributed by atoms with van der Waals surface area (Å²) in [6.45, 7) is 0. The molecule has 3 nitrogen and oxygen atoms in total. The average molecular weight is 341 g/mol. The van der Waals surface area contributed by atoms with Gasteiger partial charge in [-0.15, -0.1) is 0 Å². The van der Waals surface area contributed by atoms with Gasteiger partial charge in [-0.25, -0.2) is 0 Å². The highest BCUT2D eigenvalue weighted by atomic mass is 127. The lowest BCUT2D eigenvalue weighted by molar-refractivity contribution is 0.1000. The number of amides is 1. The summed E-state index contributed by atoms with van der Waals surface area (Å²) >= 11 is 5.27. The fourth-order valence-electron chi connectivity index (χ4n) is 0.727. The second kappa shape index (κ2) is 3.61. The molecule has 0 aliphatic rings. The van der Waals surface area contributed by atoms with E-state index in [4.69, 9.17) is 11.5 Å². The number of hydrogen-bond acceptors (Lipinski definition) is 2. The molecule has 0 saturated heterocycles. The molecule has 0 heterocycles. The van der Waals surface area contributed by atoms with Gasteiger partial charge in [-0.2, -0.15) is 0 Å². The van der Waals surface area contributed by atoms with Crippen molar-refractivity contribution in [3.8, 4) is 0 Å². The van der Waals surface area contributed by atoms with Crippen LogP contribution in [0.5, 0.6) is 0 Å². The van der Waals surface area contributed by atoms with Crippen molar-refractivity contribution < 1.29 is 4.79 Å². The van der Waals surface area contributed by atoms with Crippen molar-refractivity contribution in [1.29, 1.82) is 0 Å². The SMILES string of the molecule is NC(=O)c1cc(Br)c(N)c(I)c1. The van der Waals surface area contributed by atoms with Crippen molar-refractivity contribution in [2.45, 2.75) is 0 Å². The van der Waals surface area contributed by atoms with E-state index in [1.165, 1.54) is 0 Å². The number of benzene rings is 1. The minimum absolute atomic E-state index is 0.450. The highest BCUT2D eigenvalue weighted by Gasteiger charge is 2.06. The molecule has 64 valence electrons. The summed E-state index contributed by atoms with van der Waals surface area (Å²) in [6, 6.07) is 3.27. The van der Waals surface area contributed by atoms with Crippen molar-refractivity contribution in [3.05, 3.63) is 25.7 Å². The molecule has 0 atom stereocenters. The van der Waals surface area contributed by atoms with Gasteiger partial charge < -0.3 is 11.5 Å². The van der Waals surface area contributed by atoms with Crippen molar-refractivity contribution in [1.82, 2.24) is 0 Å². The minimum Gasteiger partial charge on any atom is -0.397 e. The van der Waals surface area contributed by atoms with E-state index in [0.29, 0.717) is 15.7 Å². The maximum atomic E-state index is 10.8. The number of halogens is 2. The molecule has 1 amide bonds. The zero-order valence-electron chi connectivity index (χ0n) is 5.97. The third-order valence-electron chi connectivity index (χ3n) is 1.36. The van der Waals surface area contributed by atoms with Crippen molar-refractivity contribution in [2.24, 2.45) is 5.73 Å². The van der Waals surface area contributed by atoms with Crippen LogP contribution in [0.3, 0.4) is 0 Å². The fraction of sp³-hybridized carbons (Fsp3) is 0. The summed E-state index contributed by atoms with van der Waals surface area (Å²) in [5, 5.41) is 0. The highest BCUT2D eigenvalue weighted by Crippen LogP contribution is 2.26. The molecule has 0 spiro atoms. The Morgan fingerprint density at radius 3 is 2.50 bits per heavy atom. The Bertz CT molecular complexity index is 317. The third kappa shape index (κ3) is 1.89. The van der Waals surface area contributed by atoms with E-state index in [0.717, 1.165) is 3.57 Å². The van der Waals surface area contributed by atoms with Crippen LogP contribution in [0.2, 0.25) is 0 Å². The van der Waals surface area contributed by atoms with Gasteiger partial charge >= 0.3 is 0 Å². The number of anilines is 1. The third-order valence-corrected chi connectivity index (χ3v) is 2.91. The molecule has 0 aliphatic carbocycles. The Hall–Kier alpha value is -0.300. The number of nitrogens with two attached hydrogens (primary N) is 2. The summed E-state index contributed by atoms with van der Waals surface area (Å²) in [5.41, 5.74) is 11.8. The molecular formula is C7H6BrIN2O. The van der Waals surface area contributed by atoms with Crippen LogP contribution in [0.25, 0.3) is 0 Å². The lowest BCUT2D eigenvalue weighted by atomic mass is 10.2. The minimum atomic E-state index is -0.450. The number of rotatable bonds is 1. The predicted octanol–water partition coefficient (Wildman–Crippen LogP) is 1.73. The summed E-state index contributed by atoms with van der Waals surface area (Å²) in [7, 11) is 0. The summed E-state index contributed by atoms with van der Waals surface area (Å²) in [5.74, 6) is -0.450. The quantitative estimate of drug-likeness (QED) is 0.604. The van der Waals surface area contributed by atoms with Crippen LogP contribution in [-0.2, 0) is 0 Å². The maximum Gasteiger partial charge on any atom is 0.248 e. The molecule has 1 aromatic carbocycles. The van der Waals surface area contributed by atoms with Crippen LogP contribution >= 0.6 is 38.5 Å². The standard InChI is InChI=1S/C7H6BrIN2O/c8-4-1-3(7(11)12)2-5(9)6(4)10/h1-2H,10H2,(H2,11,12). The monoisotopic (exact) mass is 340 g/mol. The van der Waals surface area contributed by atoms with E-state index >= 15 is 0 Å². The van der Waals surface area contributed by atoms with E-state index in [1.807, 2.05) is 22.6 Å². The van der Waals surface area contributed by atoms with E-state index in [1.54, 1.807) is 12.1 Å². The molecule has 0 saturated carbocycles. The average Bonchev–Trinajstić information content (AvgIpc) is 1.99. The molecule has 0 fully saturated rings. The largest absolute Gasteiger partial charge is 0.397 e. The molecule has 1 rings (SSSR count). The van der Waals surface area contributed by atoms with Gasteiger partial charge in [-0.1, -0.05) is 0 Å². The topological polar surface area (TPSA) is 69.1 Å². The molecule has 1 aromatic rings. The first-order valence-electron chi connectivity index (χ1n) is 3.06. The number of carbonyl (C=O) groups excluding carboxylic acids is 1. The Morgan fingerprint density at radius 2 is 2.08 bits per heavy atom. The highest BCUT2D eigenvalue weighted by molar-refractivity contribution is 14.1. The molecule has 5 heteroatoms. The van der Waals surface area contributed by atoms with Gasteiger partial charge in [0.2, 0.25) is 5.91 Å². The zero-order valence-corrected chi connectivity index (χ0v) is 9.72. The number of nitrogen functional groups attached to an aromatic ring is 1. The first kappa shape index (κ1) is 9.79. The summed E-state index contributed by atoms with van der Waals surface area (Å²) < 4.78 is 1.51. The van der Waals surface area contributed by atoms with Gasteiger partial charge in [-0.3, -0.25) is 4.79 Å². The van der Waals surface area contributed by atoms with Gasteiger partial charge in [0.15, 0.2) is 0 Å².